The van der Waals surface area contributed by atoms with Crippen molar-refractivity contribution >= 4 is 17.8 Å². The molecule has 2 aliphatic heterocycles. The number of likely N-dealkylation sites (tertiary alicyclic amines) is 1. The Hall–Kier alpha value is -3.64. The molecule has 2 N–H and O–H groups in total. The highest BCUT2D eigenvalue weighted by Crippen LogP contribution is 2.22. The second kappa shape index (κ2) is 15.4. The fourth-order valence-electron chi connectivity index (χ4n) is 4.87. The van der Waals surface area contributed by atoms with Gasteiger partial charge in [-0.05, 0) is 42.7 Å². The predicted octanol–water partition coefficient (Wildman–Crippen LogP) is 3.26. The van der Waals surface area contributed by atoms with E-state index in [2.05, 4.69) is 34.5 Å². The Kier molecular flexibility index (Phi) is 12.0. The smallest absolute Gasteiger partial charge is 0.490 e. The summed E-state index contributed by atoms with van der Waals surface area (Å²) in [4.78, 5) is 41.6. The summed E-state index contributed by atoms with van der Waals surface area (Å²) in [6.07, 6.45) is -2.89. The van der Waals surface area contributed by atoms with Crippen LogP contribution < -0.4 is 10.1 Å². The van der Waals surface area contributed by atoms with Crippen LogP contribution in [-0.2, 0) is 16.1 Å². The monoisotopic (exact) mass is 578 g/mol. The van der Waals surface area contributed by atoms with Crippen molar-refractivity contribution in [3.63, 3.8) is 0 Å². The summed E-state index contributed by atoms with van der Waals surface area (Å²) in [7, 11) is 1.62. The molecule has 0 bridgehead atoms. The van der Waals surface area contributed by atoms with Crippen LogP contribution in [0.15, 0.2) is 54.6 Å². The summed E-state index contributed by atoms with van der Waals surface area (Å²) in [5, 5.41) is 10.4. The number of rotatable bonds is 8. The average Bonchev–Trinajstić information content (AvgIpc) is 2.98. The quantitative estimate of drug-likeness (QED) is 0.496. The molecular weight excluding hydrogens is 541 g/mol. The third kappa shape index (κ3) is 10.0. The molecule has 2 heterocycles. The van der Waals surface area contributed by atoms with Gasteiger partial charge in [-0.3, -0.25) is 14.5 Å². The number of hydrogen-bond acceptors (Lipinski definition) is 6. The third-order valence-corrected chi connectivity index (χ3v) is 7.12. The first-order valence-corrected chi connectivity index (χ1v) is 13.6. The van der Waals surface area contributed by atoms with E-state index < -0.39 is 12.1 Å². The number of hydrogen-bond donors (Lipinski definition) is 2. The van der Waals surface area contributed by atoms with E-state index in [0.717, 1.165) is 64.4 Å². The molecule has 0 aliphatic carbocycles. The Labute approximate surface area is 237 Å². The van der Waals surface area contributed by atoms with Gasteiger partial charge in [0.15, 0.2) is 0 Å². The molecule has 0 aromatic heterocycles. The summed E-state index contributed by atoms with van der Waals surface area (Å²) in [6, 6.07) is 17.9. The maximum Gasteiger partial charge on any atom is 0.490 e. The van der Waals surface area contributed by atoms with E-state index in [0.29, 0.717) is 18.5 Å². The van der Waals surface area contributed by atoms with Gasteiger partial charge in [-0.2, -0.15) is 13.2 Å². The van der Waals surface area contributed by atoms with Crippen LogP contribution in [0.3, 0.4) is 0 Å². The molecule has 12 heteroatoms. The zero-order chi connectivity index (χ0) is 29.8. The van der Waals surface area contributed by atoms with Crippen molar-refractivity contribution < 1.29 is 37.4 Å². The van der Waals surface area contributed by atoms with E-state index >= 15 is 0 Å². The molecule has 2 aromatic carbocycles. The van der Waals surface area contributed by atoms with E-state index in [1.54, 1.807) is 7.11 Å². The van der Waals surface area contributed by atoms with Gasteiger partial charge in [0, 0.05) is 70.4 Å². The molecule has 2 aliphatic rings. The first-order chi connectivity index (χ1) is 19.6. The number of carboxylic acids is 1. The SMILES string of the molecule is COc1ccc(C(=O)N(CCC(=O)N2CCNCC2)C2CCN(Cc3ccccc3)CC2)cc1.O=C(O)C(F)(F)F. The maximum absolute atomic E-state index is 13.5. The first kappa shape index (κ1) is 31.9. The Morgan fingerprint density at radius 2 is 1.56 bits per heavy atom. The van der Waals surface area contributed by atoms with Crippen LogP contribution in [0.25, 0.3) is 0 Å². The number of methoxy groups -OCH3 is 1. The highest BCUT2D eigenvalue weighted by atomic mass is 19.4. The van der Waals surface area contributed by atoms with Crippen LogP contribution in [-0.4, -0.2) is 103 Å². The highest BCUT2D eigenvalue weighted by molar-refractivity contribution is 5.95. The number of ether oxygens (including phenoxy) is 1. The van der Waals surface area contributed by atoms with E-state index in [1.807, 2.05) is 40.1 Å². The standard InChI is InChI=1S/C27H36N4O3.C2HF3O2/c1-34-25-9-7-23(8-10-25)27(33)31(18-13-26(32)30-19-14-28-15-20-30)24-11-16-29(17-12-24)21-22-5-3-2-4-6-22;3-2(4,5)1(6)7/h2-10,24,28H,11-21H2,1H3;(H,6,7). The van der Waals surface area contributed by atoms with E-state index in [1.165, 1.54) is 5.56 Å². The maximum atomic E-state index is 13.5. The van der Waals surface area contributed by atoms with Gasteiger partial charge in [0.1, 0.15) is 5.75 Å². The summed E-state index contributed by atoms with van der Waals surface area (Å²) < 4.78 is 37.0. The van der Waals surface area contributed by atoms with Crippen molar-refractivity contribution in [1.29, 1.82) is 0 Å². The number of carbonyl (C=O) groups excluding carboxylic acids is 2. The lowest BCUT2D eigenvalue weighted by Crippen LogP contribution is -2.50. The number of nitrogens with zero attached hydrogens (tertiary/aromatic N) is 3. The van der Waals surface area contributed by atoms with Gasteiger partial charge in [0.2, 0.25) is 5.91 Å². The van der Waals surface area contributed by atoms with Crippen molar-refractivity contribution in [2.45, 2.75) is 38.0 Å². The van der Waals surface area contributed by atoms with Crippen molar-refractivity contribution in [1.82, 2.24) is 20.0 Å². The molecule has 41 heavy (non-hydrogen) atoms. The lowest BCUT2D eigenvalue weighted by molar-refractivity contribution is -0.192. The number of piperidine rings is 1. The normalized spacial score (nSPS) is 16.3. The molecule has 0 spiro atoms. The molecule has 4 rings (SSSR count). The summed E-state index contributed by atoms with van der Waals surface area (Å²) in [5.41, 5.74) is 1.95. The second-order valence-electron chi connectivity index (χ2n) is 9.90. The number of amides is 2. The van der Waals surface area contributed by atoms with Gasteiger partial charge >= 0.3 is 12.1 Å². The minimum Gasteiger partial charge on any atom is -0.497 e. The number of carbonyl (C=O) groups is 3. The molecule has 9 nitrogen and oxygen atoms in total. The minimum atomic E-state index is -5.08. The number of benzene rings is 2. The highest BCUT2D eigenvalue weighted by Gasteiger charge is 2.38. The molecule has 0 unspecified atom stereocenters. The topological polar surface area (TPSA) is 102 Å². The van der Waals surface area contributed by atoms with Gasteiger partial charge in [-0.1, -0.05) is 30.3 Å². The molecule has 2 amide bonds. The van der Waals surface area contributed by atoms with Gasteiger partial charge in [0.25, 0.3) is 5.91 Å². The van der Waals surface area contributed by atoms with Crippen molar-refractivity contribution in [2.75, 3.05) is 52.9 Å². The predicted molar refractivity (Wildman–Crippen MR) is 147 cm³/mol. The molecule has 224 valence electrons. The third-order valence-electron chi connectivity index (χ3n) is 7.12. The van der Waals surface area contributed by atoms with Gasteiger partial charge < -0.3 is 25.0 Å². The number of alkyl halides is 3. The van der Waals surface area contributed by atoms with Crippen LogP contribution in [0, 0.1) is 0 Å². The summed E-state index contributed by atoms with van der Waals surface area (Å²) in [5.74, 6) is -1.90. The molecule has 2 aromatic rings. The number of piperazine rings is 1. The van der Waals surface area contributed by atoms with Crippen molar-refractivity contribution in [2.24, 2.45) is 0 Å². The minimum absolute atomic E-state index is 0.00252. The summed E-state index contributed by atoms with van der Waals surface area (Å²) >= 11 is 0. The molecular formula is C29H37F3N4O5. The number of carboxylic acid groups (broad SMARTS) is 1. The van der Waals surface area contributed by atoms with Crippen LogP contribution in [0.1, 0.15) is 35.2 Å². The van der Waals surface area contributed by atoms with Crippen LogP contribution in [0.5, 0.6) is 5.75 Å². The molecule has 2 fully saturated rings. The number of halogens is 3. The average molecular weight is 579 g/mol. The Morgan fingerprint density at radius 1 is 0.976 bits per heavy atom. The second-order valence-corrected chi connectivity index (χ2v) is 9.90. The van der Waals surface area contributed by atoms with Crippen molar-refractivity contribution in [3.8, 4) is 5.75 Å². The molecule has 0 atom stereocenters. The Balaban J connectivity index is 0.000000587. The van der Waals surface area contributed by atoms with E-state index in [4.69, 9.17) is 14.6 Å². The Bertz CT molecular complexity index is 1120. The first-order valence-electron chi connectivity index (χ1n) is 13.6. The number of nitrogens with one attached hydrogen (secondary N) is 1. The van der Waals surface area contributed by atoms with E-state index in [9.17, 15) is 22.8 Å². The van der Waals surface area contributed by atoms with Crippen LogP contribution in [0.4, 0.5) is 13.2 Å². The van der Waals surface area contributed by atoms with Crippen LogP contribution >= 0.6 is 0 Å². The number of aliphatic carboxylic acids is 1. The van der Waals surface area contributed by atoms with Gasteiger partial charge in [-0.25, -0.2) is 4.79 Å². The fourth-order valence-corrected chi connectivity index (χ4v) is 4.87. The Morgan fingerprint density at radius 3 is 2.10 bits per heavy atom. The zero-order valence-electron chi connectivity index (χ0n) is 23.1. The van der Waals surface area contributed by atoms with Gasteiger partial charge in [-0.15, -0.1) is 0 Å². The molecule has 2 saturated heterocycles. The largest absolute Gasteiger partial charge is 0.497 e. The van der Waals surface area contributed by atoms with Gasteiger partial charge in [0.05, 0.1) is 7.11 Å². The molecule has 0 saturated carbocycles. The molecule has 0 radical (unpaired) electrons. The van der Waals surface area contributed by atoms with Crippen molar-refractivity contribution in [3.05, 3.63) is 65.7 Å². The lowest BCUT2D eigenvalue weighted by Gasteiger charge is -2.39. The van der Waals surface area contributed by atoms with E-state index in [-0.39, 0.29) is 17.9 Å². The fraction of sp³-hybridized carbons (Fsp3) is 0.483. The lowest BCUT2D eigenvalue weighted by atomic mass is 10.0. The summed E-state index contributed by atoms with van der Waals surface area (Å²) in [6.45, 7) is 6.42. The zero-order valence-corrected chi connectivity index (χ0v) is 23.1. The van der Waals surface area contributed by atoms with Crippen LogP contribution in [0.2, 0.25) is 0 Å².